The lowest BCUT2D eigenvalue weighted by molar-refractivity contribution is -0.384. The van der Waals surface area contributed by atoms with Crippen molar-refractivity contribution < 1.29 is 24.0 Å². The lowest BCUT2D eigenvalue weighted by atomic mass is 9.71. The van der Waals surface area contributed by atoms with Crippen molar-refractivity contribution in [1.29, 1.82) is 0 Å². The molecule has 2 aromatic carbocycles. The Hall–Kier alpha value is -3.29. The number of benzene rings is 2. The van der Waals surface area contributed by atoms with E-state index in [2.05, 4.69) is 0 Å². The van der Waals surface area contributed by atoms with Crippen LogP contribution in [-0.2, 0) is 15.0 Å². The topological polar surface area (TPSA) is 101 Å². The summed E-state index contributed by atoms with van der Waals surface area (Å²) in [6, 6.07) is 9.98. The Bertz CT molecular complexity index is 1020. The number of nitrogens with zero attached hydrogens (tertiary/aromatic N) is 2. The number of nitro benzene ring substituents is 1. The predicted octanol–water partition coefficient (Wildman–Crippen LogP) is 4.36. The molecule has 2 aromatic rings. The van der Waals surface area contributed by atoms with Crippen molar-refractivity contribution >= 4 is 17.6 Å². The first-order valence-corrected chi connectivity index (χ1v) is 10.4. The first kappa shape index (κ1) is 21.0. The maximum absolute atomic E-state index is 14.2. The van der Waals surface area contributed by atoms with E-state index in [1.165, 1.54) is 42.5 Å². The van der Waals surface area contributed by atoms with Crippen LogP contribution >= 0.6 is 0 Å². The van der Waals surface area contributed by atoms with Gasteiger partial charge in [-0.25, -0.2) is 4.39 Å². The molecule has 8 heteroatoms. The van der Waals surface area contributed by atoms with Gasteiger partial charge in [-0.1, -0.05) is 43.5 Å². The number of aliphatic carboxylic acids is 1. The lowest BCUT2D eigenvalue weighted by Crippen LogP contribution is -2.46. The van der Waals surface area contributed by atoms with Gasteiger partial charge < -0.3 is 10.0 Å². The SMILES string of the molecule is O=C1C[C@@](C(=O)O)(c2ccc([N+](=O)[O-])cc2)[C@@H](c2cccc(F)c2)N1C1CCCCC1. The highest BCUT2D eigenvalue weighted by Crippen LogP contribution is 2.52. The smallest absolute Gasteiger partial charge is 0.317 e. The van der Waals surface area contributed by atoms with Gasteiger partial charge in [0.2, 0.25) is 5.91 Å². The predicted molar refractivity (Wildman–Crippen MR) is 110 cm³/mol. The Kier molecular flexibility index (Phi) is 5.47. The third-order valence-corrected chi connectivity index (χ3v) is 6.57. The average molecular weight is 426 g/mol. The summed E-state index contributed by atoms with van der Waals surface area (Å²) in [6.45, 7) is 0. The molecule has 1 N–H and O–H groups in total. The van der Waals surface area contributed by atoms with Crippen LogP contribution in [0.3, 0.4) is 0 Å². The molecule has 2 aliphatic rings. The molecule has 4 rings (SSSR count). The minimum Gasteiger partial charge on any atom is -0.480 e. The van der Waals surface area contributed by atoms with E-state index in [0.29, 0.717) is 11.1 Å². The van der Waals surface area contributed by atoms with Gasteiger partial charge in [0.25, 0.3) is 5.69 Å². The fourth-order valence-corrected chi connectivity index (χ4v) is 5.16. The van der Waals surface area contributed by atoms with Crippen molar-refractivity contribution in [3.05, 3.63) is 75.6 Å². The summed E-state index contributed by atoms with van der Waals surface area (Å²) in [5.74, 6) is -2.01. The van der Waals surface area contributed by atoms with Gasteiger partial charge in [-0.05, 0) is 36.1 Å². The molecule has 0 bridgehead atoms. The molecular weight excluding hydrogens is 403 g/mol. The molecule has 0 spiro atoms. The van der Waals surface area contributed by atoms with Gasteiger partial charge in [-0.15, -0.1) is 0 Å². The molecule has 1 saturated carbocycles. The second-order valence-corrected chi connectivity index (χ2v) is 8.31. The highest BCUT2D eigenvalue weighted by molar-refractivity contribution is 5.95. The van der Waals surface area contributed by atoms with E-state index in [1.54, 1.807) is 11.0 Å². The van der Waals surface area contributed by atoms with Crippen LogP contribution in [0.1, 0.15) is 55.7 Å². The number of carboxylic acids is 1. The highest BCUT2D eigenvalue weighted by Gasteiger charge is 2.60. The minimum atomic E-state index is -1.67. The molecule has 1 saturated heterocycles. The third-order valence-electron chi connectivity index (χ3n) is 6.57. The van der Waals surface area contributed by atoms with Crippen LogP contribution in [0, 0.1) is 15.9 Å². The zero-order valence-electron chi connectivity index (χ0n) is 16.9. The van der Waals surface area contributed by atoms with Gasteiger partial charge in [-0.3, -0.25) is 19.7 Å². The van der Waals surface area contributed by atoms with Crippen LogP contribution in [-0.4, -0.2) is 32.8 Å². The lowest BCUT2D eigenvalue weighted by Gasteiger charge is -2.40. The molecule has 7 nitrogen and oxygen atoms in total. The highest BCUT2D eigenvalue weighted by atomic mass is 19.1. The van der Waals surface area contributed by atoms with Crippen molar-refractivity contribution in [3.63, 3.8) is 0 Å². The van der Waals surface area contributed by atoms with Crippen LogP contribution < -0.4 is 0 Å². The van der Waals surface area contributed by atoms with E-state index < -0.39 is 28.2 Å². The quantitative estimate of drug-likeness (QED) is 0.565. The molecule has 2 atom stereocenters. The third kappa shape index (κ3) is 3.56. The number of carbonyl (C=O) groups excluding carboxylic acids is 1. The summed E-state index contributed by atoms with van der Waals surface area (Å²) in [6.07, 6.45) is 4.22. The molecule has 1 aliphatic heterocycles. The molecule has 1 heterocycles. The fraction of sp³-hybridized carbons (Fsp3) is 0.391. The molecule has 1 amide bonds. The minimum absolute atomic E-state index is 0.117. The van der Waals surface area contributed by atoms with Crippen molar-refractivity contribution in [1.82, 2.24) is 4.90 Å². The van der Waals surface area contributed by atoms with Gasteiger partial charge >= 0.3 is 5.97 Å². The van der Waals surface area contributed by atoms with Crippen molar-refractivity contribution in [3.8, 4) is 0 Å². The Balaban J connectivity index is 1.90. The number of likely N-dealkylation sites (tertiary alicyclic amines) is 1. The molecule has 1 aliphatic carbocycles. The van der Waals surface area contributed by atoms with E-state index in [0.717, 1.165) is 32.1 Å². The number of hydrogen-bond donors (Lipinski definition) is 1. The van der Waals surface area contributed by atoms with Crippen LogP contribution in [0.4, 0.5) is 10.1 Å². The van der Waals surface area contributed by atoms with E-state index in [4.69, 9.17) is 0 Å². The molecular formula is C23H23FN2O5. The Morgan fingerprint density at radius 1 is 1.13 bits per heavy atom. The van der Waals surface area contributed by atoms with Gasteiger partial charge in [0.1, 0.15) is 11.2 Å². The average Bonchev–Trinajstić information content (AvgIpc) is 3.08. The molecule has 31 heavy (non-hydrogen) atoms. The number of halogens is 1. The maximum atomic E-state index is 14.2. The Morgan fingerprint density at radius 3 is 2.39 bits per heavy atom. The van der Waals surface area contributed by atoms with E-state index in [-0.39, 0.29) is 24.1 Å². The summed E-state index contributed by atoms with van der Waals surface area (Å²) >= 11 is 0. The fourth-order valence-electron chi connectivity index (χ4n) is 5.16. The number of non-ortho nitro benzene ring substituents is 1. The van der Waals surface area contributed by atoms with Crippen molar-refractivity contribution in [2.24, 2.45) is 0 Å². The normalized spacial score (nSPS) is 24.4. The molecule has 0 radical (unpaired) electrons. The van der Waals surface area contributed by atoms with Gasteiger partial charge in [-0.2, -0.15) is 0 Å². The number of carboxylic acid groups (broad SMARTS) is 1. The van der Waals surface area contributed by atoms with Gasteiger partial charge in [0, 0.05) is 24.6 Å². The largest absolute Gasteiger partial charge is 0.480 e. The summed E-state index contributed by atoms with van der Waals surface area (Å²) in [4.78, 5) is 38.2. The van der Waals surface area contributed by atoms with Crippen LogP contribution in [0.25, 0.3) is 0 Å². The second-order valence-electron chi connectivity index (χ2n) is 8.31. The Labute approximate surface area is 178 Å². The summed E-state index contributed by atoms with van der Waals surface area (Å²) in [5, 5.41) is 21.5. The van der Waals surface area contributed by atoms with E-state index >= 15 is 0 Å². The second kappa shape index (κ2) is 8.09. The Morgan fingerprint density at radius 2 is 1.81 bits per heavy atom. The van der Waals surface area contributed by atoms with Gasteiger partial charge in [0.05, 0.1) is 11.0 Å². The van der Waals surface area contributed by atoms with Crippen molar-refractivity contribution in [2.75, 3.05) is 0 Å². The number of nitro groups is 1. The van der Waals surface area contributed by atoms with Crippen LogP contribution in [0.2, 0.25) is 0 Å². The maximum Gasteiger partial charge on any atom is 0.317 e. The first-order chi connectivity index (χ1) is 14.8. The van der Waals surface area contributed by atoms with E-state index in [1.807, 2.05) is 0 Å². The number of rotatable bonds is 5. The summed E-state index contributed by atoms with van der Waals surface area (Å²) in [7, 11) is 0. The van der Waals surface area contributed by atoms with Crippen molar-refractivity contribution in [2.45, 2.75) is 56.0 Å². The molecule has 0 aromatic heterocycles. The number of hydrogen-bond acceptors (Lipinski definition) is 4. The summed E-state index contributed by atoms with van der Waals surface area (Å²) < 4.78 is 14.2. The molecule has 162 valence electrons. The monoisotopic (exact) mass is 426 g/mol. The van der Waals surface area contributed by atoms with Gasteiger partial charge in [0.15, 0.2) is 0 Å². The van der Waals surface area contributed by atoms with Crippen LogP contribution in [0.5, 0.6) is 0 Å². The zero-order chi connectivity index (χ0) is 22.2. The summed E-state index contributed by atoms with van der Waals surface area (Å²) in [5.41, 5.74) is -1.12. The number of amides is 1. The molecule has 2 fully saturated rings. The zero-order valence-corrected chi connectivity index (χ0v) is 16.9. The van der Waals surface area contributed by atoms with Crippen LogP contribution in [0.15, 0.2) is 48.5 Å². The first-order valence-electron chi connectivity index (χ1n) is 10.4. The molecule has 0 unspecified atom stereocenters. The van der Waals surface area contributed by atoms with E-state index in [9.17, 15) is 29.2 Å². The standard InChI is InChI=1S/C23H23FN2O5/c24-17-6-4-5-15(13-17)21-23(22(28)29,16-9-11-19(12-10-16)26(30)31)14-20(27)25(21)18-7-2-1-3-8-18/h4-6,9-13,18,21H,1-3,7-8,14H2,(H,28,29)/t21-,23-/m1/s1. The number of carbonyl (C=O) groups is 2.